The van der Waals surface area contributed by atoms with Gasteiger partial charge in [-0.15, -0.1) is 0 Å². The molecule has 1 aliphatic heterocycles. The normalized spacial score (nSPS) is 16.3. The smallest absolute Gasteiger partial charge is 0.224 e. The van der Waals surface area contributed by atoms with Gasteiger partial charge in [-0.2, -0.15) is 4.98 Å². The molecule has 3 aromatic heterocycles. The number of pyridine rings is 1. The highest BCUT2D eigenvalue weighted by atomic mass is 16.1. The maximum atomic E-state index is 11.6. The van der Waals surface area contributed by atoms with Crippen molar-refractivity contribution in [1.82, 2.24) is 24.3 Å². The predicted octanol–water partition coefficient (Wildman–Crippen LogP) is 2.75. The molecule has 4 aromatic rings. The van der Waals surface area contributed by atoms with Crippen LogP contribution in [0.4, 0.5) is 5.95 Å². The van der Waals surface area contributed by atoms with E-state index in [0.29, 0.717) is 23.2 Å². The third kappa shape index (κ3) is 2.71. The van der Waals surface area contributed by atoms with E-state index in [-0.39, 0.29) is 0 Å². The molecule has 7 nitrogen and oxygen atoms in total. The third-order valence-corrected chi connectivity index (χ3v) is 5.32. The molecule has 7 heteroatoms. The van der Waals surface area contributed by atoms with E-state index in [1.54, 1.807) is 6.20 Å². The minimum Gasteiger partial charge on any atom is -0.351 e. The Kier molecular flexibility index (Phi) is 3.75. The number of benzene rings is 1. The highest BCUT2D eigenvalue weighted by molar-refractivity contribution is 5.97. The molecule has 1 saturated heterocycles. The van der Waals surface area contributed by atoms with Crippen molar-refractivity contribution < 1.29 is 4.79 Å². The molecule has 1 aromatic carbocycles. The first kappa shape index (κ1) is 16.1. The first-order chi connectivity index (χ1) is 13.2. The summed E-state index contributed by atoms with van der Waals surface area (Å²) in [6, 6.07) is 10.0. The second-order valence-electron chi connectivity index (χ2n) is 7.17. The molecule has 0 atom stereocenters. The van der Waals surface area contributed by atoms with Crippen molar-refractivity contribution in [2.24, 2.45) is 0 Å². The second kappa shape index (κ2) is 6.28. The third-order valence-electron chi connectivity index (χ3n) is 5.32. The molecule has 0 saturated carbocycles. The summed E-state index contributed by atoms with van der Waals surface area (Å²) in [5, 5.41) is 4.30. The zero-order valence-electron chi connectivity index (χ0n) is 15.1. The van der Waals surface area contributed by atoms with Crippen LogP contribution < -0.4 is 5.32 Å². The van der Waals surface area contributed by atoms with Crippen LogP contribution in [0.25, 0.3) is 27.7 Å². The molecule has 4 heterocycles. The van der Waals surface area contributed by atoms with E-state index in [9.17, 15) is 4.79 Å². The molecule has 1 N–H and O–H groups in total. The lowest BCUT2D eigenvalue weighted by Gasteiger charge is -2.29. The number of nitrogens with zero attached hydrogens (tertiary/aromatic N) is 5. The topological polar surface area (TPSA) is 75.4 Å². The van der Waals surface area contributed by atoms with Gasteiger partial charge < -0.3 is 10.2 Å². The highest BCUT2D eigenvalue weighted by Gasteiger charge is 2.18. The molecular weight excluding hydrogens is 340 g/mol. The fourth-order valence-corrected chi connectivity index (χ4v) is 3.82. The number of fused-ring (bicyclic) bond motifs is 5. The van der Waals surface area contributed by atoms with Gasteiger partial charge in [-0.25, -0.2) is 9.97 Å². The minimum atomic E-state index is 0.378. The quantitative estimate of drug-likeness (QED) is 0.566. The van der Waals surface area contributed by atoms with Gasteiger partial charge in [0.15, 0.2) is 11.9 Å². The summed E-state index contributed by atoms with van der Waals surface area (Å²) in [6.07, 6.45) is 4.77. The van der Waals surface area contributed by atoms with E-state index in [2.05, 4.69) is 27.2 Å². The van der Waals surface area contributed by atoms with E-state index < -0.39 is 0 Å². The molecule has 0 radical (unpaired) electrons. The Balaban J connectivity index is 1.67. The van der Waals surface area contributed by atoms with Crippen LogP contribution in [0.15, 0.2) is 36.5 Å². The summed E-state index contributed by atoms with van der Waals surface area (Å²) >= 11 is 0. The summed E-state index contributed by atoms with van der Waals surface area (Å²) in [6.45, 7) is 2.15. The number of aldehydes is 1. The standard InChI is InChI=1S/C20H20N6O/c1-25-8-6-15(7-9-25)22-20-21-11-13-10-14(12-27)19-23-16-4-2-3-5-17(16)26(19)18(13)24-20/h2-5,10-12,15H,6-9H2,1H3,(H,21,22,24). The van der Waals surface area contributed by atoms with Crippen molar-refractivity contribution in [2.45, 2.75) is 18.9 Å². The fraction of sp³-hybridized carbons (Fsp3) is 0.300. The predicted molar refractivity (Wildman–Crippen MR) is 105 cm³/mol. The van der Waals surface area contributed by atoms with Crippen LogP contribution in [-0.4, -0.2) is 56.7 Å². The summed E-state index contributed by atoms with van der Waals surface area (Å²) in [4.78, 5) is 27.8. The molecule has 0 amide bonds. The van der Waals surface area contributed by atoms with Crippen LogP contribution in [0.2, 0.25) is 0 Å². The maximum Gasteiger partial charge on any atom is 0.224 e. The number of carbonyl (C=O) groups is 1. The van der Waals surface area contributed by atoms with E-state index in [4.69, 9.17) is 4.98 Å². The largest absolute Gasteiger partial charge is 0.351 e. The van der Waals surface area contributed by atoms with Crippen molar-refractivity contribution in [3.05, 3.63) is 42.1 Å². The lowest BCUT2D eigenvalue weighted by Crippen LogP contribution is -2.37. The molecule has 136 valence electrons. The number of likely N-dealkylation sites (tertiary alicyclic amines) is 1. The Morgan fingerprint density at radius 1 is 1.15 bits per heavy atom. The zero-order valence-corrected chi connectivity index (χ0v) is 15.1. The number of aromatic nitrogens is 4. The first-order valence-electron chi connectivity index (χ1n) is 9.20. The summed E-state index contributed by atoms with van der Waals surface area (Å²) in [5.74, 6) is 0.620. The number of imidazole rings is 1. The number of hydrogen-bond donors (Lipinski definition) is 1. The first-order valence-corrected chi connectivity index (χ1v) is 9.20. The summed E-state index contributed by atoms with van der Waals surface area (Å²) in [7, 11) is 2.15. The molecule has 0 aliphatic carbocycles. The Hall–Kier alpha value is -3.06. The van der Waals surface area contributed by atoms with E-state index in [1.165, 1.54) is 0 Å². The van der Waals surface area contributed by atoms with Crippen molar-refractivity contribution in [2.75, 3.05) is 25.5 Å². The summed E-state index contributed by atoms with van der Waals surface area (Å²) < 4.78 is 1.95. The molecular formula is C20H20N6O. The lowest BCUT2D eigenvalue weighted by molar-refractivity contribution is 0.112. The number of carbonyl (C=O) groups excluding carboxylic acids is 1. The lowest BCUT2D eigenvalue weighted by atomic mass is 10.1. The molecule has 1 aliphatic rings. The van der Waals surface area contributed by atoms with Crippen LogP contribution in [0.5, 0.6) is 0 Å². The van der Waals surface area contributed by atoms with Crippen molar-refractivity contribution in [3.63, 3.8) is 0 Å². The fourth-order valence-electron chi connectivity index (χ4n) is 3.82. The van der Waals surface area contributed by atoms with Crippen LogP contribution in [-0.2, 0) is 0 Å². The summed E-state index contributed by atoms with van der Waals surface area (Å²) in [5.41, 5.74) is 3.71. The highest BCUT2D eigenvalue weighted by Crippen LogP contribution is 2.25. The van der Waals surface area contributed by atoms with Gasteiger partial charge in [-0.3, -0.25) is 9.20 Å². The zero-order chi connectivity index (χ0) is 18.4. The SMILES string of the molecule is CN1CCC(Nc2ncc3cc(C=O)c4nc5ccccc5n4c3n2)CC1. The van der Waals surface area contributed by atoms with Crippen molar-refractivity contribution in [1.29, 1.82) is 0 Å². The Bertz CT molecular complexity index is 1160. The van der Waals surface area contributed by atoms with Gasteiger partial charge in [0.1, 0.15) is 5.65 Å². The maximum absolute atomic E-state index is 11.6. The molecule has 0 spiro atoms. The van der Waals surface area contributed by atoms with Gasteiger partial charge >= 0.3 is 0 Å². The molecule has 5 rings (SSSR count). The number of nitrogens with one attached hydrogen (secondary N) is 1. The van der Waals surface area contributed by atoms with Gasteiger partial charge in [0.2, 0.25) is 5.95 Å². The van der Waals surface area contributed by atoms with Crippen molar-refractivity contribution in [3.8, 4) is 0 Å². The van der Waals surface area contributed by atoms with Crippen LogP contribution in [0.3, 0.4) is 0 Å². The van der Waals surface area contributed by atoms with E-state index in [1.807, 2.05) is 34.7 Å². The second-order valence-corrected chi connectivity index (χ2v) is 7.17. The number of hydrogen-bond acceptors (Lipinski definition) is 6. The van der Waals surface area contributed by atoms with Gasteiger partial charge in [-0.1, -0.05) is 12.1 Å². The van der Waals surface area contributed by atoms with Crippen LogP contribution in [0, 0.1) is 0 Å². The molecule has 0 bridgehead atoms. The molecule has 1 fully saturated rings. The van der Waals surface area contributed by atoms with Gasteiger partial charge in [0, 0.05) is 17.6 Å². The van der Waals surface area contributed by atoms with Crippen LogP contribution in [0.1, 0.15) is 23.2 Å². The number of piperidine rings is 1. The molecule has 27 heavy (non-hydrogen) atoms. The Morgan fingerprint density at radius 3 is 2.78 bits per heavy atom. The minimum absolute atomic E-state index is 0.378. The molecule has 0 unspecified atom stereocenters. The van der Waals surface area contributed by atoms with Crippen molar-refractivity contribution >= 4 is 39.9 Å². The van der Waals surface area contributed by atoms with E-state index in [0.717, 1.165) is 54.3 Å². The number of anilines is 1. The Labute approximate surface area is 156 Å². The van der Waals surface area contributed by atoms with Gasteiger partial charge in [0.25, 0.3) is 0 Å². The number of para-hydroxylation sites is 2. The Morgan fingerprint density at radius 2 is 1.96 bits per heavy atom. The van der Waals surface area contributed by atoms with Crippen LogP contribution >= 0.6 is 0 Å². The average Bonchev–Trinajstić information content (AvgIpc) is 3.09. The van der Waals surface area contributed by atoms with Gasteiger partial charge in [-0.05, 0) is 51.2 Å². The number of rotatable bonds is 3. The van der Waals surface area contributed by atoms with Gasteiger partial charge in [0.05, 0.1) is 16.6 Å². The average molecular weight is 360 g/mol. The monoisotopic (exact) mass is 360 g/mol. The van der Waals surface area contributed by atoms with E-state index >= 15 is 0 Å².